The second kappa shape index (κ2) is 8.39. The zero-order valence-corrected chi connectivity index (χ0v) is 15.6. The van der Waals surface area contributed by atoms with Crippen LogP contribution in [0.15, 0.2) is 22.7 Å². The number of hydrogen-bond acceptors (Lipinski definition) is 3. The van der Waals surface area contributed by atoms with Crippen LogP contribution in [0.5, 0.6) is 0 Å². The van der Waals surface area contributed by atoms with Crippen molar-refractivity contribution in [3.63, 3.8) is 0 Å². The van der Waals surface area contributed by atoms with Crippen molar-refractivity contribution < 1.29 is 4.79 Å². The van der Waals surface area contributed by atoms with E-state index in [9.17, 15) is 4.79 Å². The van der Waals surface area contributed by atoms with Crippen molar-refractivity contribution in [2.75, 3.05) is 31.9 Å². The first-order valence-electron chi connectivity index (χ1n) is 7.23. The Morgan fingerprint density at radius 1 is 1.14 bits per heavy atom. The number of anilines is 1. The number of hydrogen-bond donors (Lipinski definition) is 1. The molecule has 2 fully saturated rings. The van der Waals surface area contributed by atoms with Crippen LogP contribution < -0.4 is 5.73 Å². The van der Waals surface area contributed by atoms with Crippen LogP contribution in [0.1, 0.15) is 29.6 Å². The molecule has 3 rings (SSSR count). The summed E-state index contributed by atoms with van der Waals surface area (Å²) in [5, 5.41) is 0. The molecule has 1 heterocycles. The van der Waals surface area contributed by atoms with E-state index in [4.69, 9.17) is 5.73 Å². The van der Waals surface area contributed by atoms with E-state index in [2.05, 4.69) is 20.8 Å². The normalized spacial score (nSPS) is 18.9. The Labute approximate surface area is 152 Å². The van der Waals surface area contributed by atoms with Crippen LogP contribution in [-0.4, -0.2) is 47.9 Å². The van der Waals surface area contributed by atoms with Crippen LogP contribution in [0.3, 0.4) is 0 Å². The topological polar surface area (TPSA) is 49.6 Å². The molecule has 1 aliphatic carbocycles. The summed E-state index contributed by atoms with van der Waals surface area (Å²) < 4.78 is 0.904. The maximum Gasteiger partial charge on any atom is 0.256 e. The summed E-state index contributed by atoms with van der Waals surface area (Å²) in [7, 11) is 0. The fraction of sp³-hybridized carbons (Fsp3) is 0.533. The zero-order chi connectivity index (χ0) is 14.1. The Kier molecular flexibility index (Phi) is 7.46. The molecule has 22 heavy (non-hydrogen) atoms. The van der Waals surface area contributed by atoms with Crippen LogP contribution in [0.4, 0.5) is 5.69 Å². The van der Waals surface area contributed by atoms with Crippen LogP contribution >= 0.6 is 40.7 Å². The van der Waals surface area contributed by atoms with Crippen LogP contribution in [0.25, 0.3) is 0 Å². The summed E-state index contributed by atoms with van der Waals surface area (Å²) in [5.74, 6) is 0.0586. The van der Waals surface area contributed by atoms with Crippen molar-refractivity contribution in [2.45, 2.75) is 25.3 Å². The molecule has 2 aliphatic rings. The molecule has 0 bridgehead atoms. The molecule has 1 saturated heterocycles. The highest BCUT2D eigenvalue weighted by atomic mass is 79.9. The third-order valence-electron chi connectivity index (χ3n) is 4.44. The molecule has 124 valence electrons. The van der Waals surface area contributed by atoms with Gasteiger partial charge in [0.25, 0.3) is 5.91 Å². The van der Waals surface area contributed by atoms with Crippen molar-refractivity contribution >= 4 is 52.3 Å². The summed E-state index contributed by atoms with van der Waals surface area (Å²) in [6.45, 7) is 3.61. The number of piperazine rings is 1. The molecule has 7 heteroatoms. The molecule has 0 spiro atoms. The summed E-state index contributed by atoms with van der Waals surface area (Å²) >= 11 is 3.37. The van der Waals surface area contributed by atoms with E-state index >= 15 is 0 Å². The summed E-state index contributed by atoms with van der Waals surface area (Å²) in [6, 6.07) is 6.23. The third kappa shape index (κ3) is 4.07. The molecule has 0 radical (unpaired) electrons. The fourth-order valence-electron chi connectivity index (χ4n) is 2.94. The molecule has 1 amide bonds. The fourth-order valence-corrected chi connectivity index (χ4v) is 3.32. The van der Waals surface area contributed by atoms with Crippen molar-refractivity contribution in [3.05, 3.63) is 28.2 Å². The highest BCUT2D eigenvalue weighted by Gasteiger charge is 2.29. The van der Waals surface area contributed by atoms with Gasteiger partial charge in [-0.05, 0) is 31.0 Å². The number of carbonyl (C=O) groups is 1. The minimum atomic E-state index is 0. The molecule has 2 N–H and O–H groups in total. The van der Waals surface area contributed by atoms with E-state index in [0.29, 0.717) is 11.3 Å². The minimum Gasteiger partial charge on any atom is -0.398 e. The van der Waals surface area contributed by atoms with Gasteiger partial charge in [0.05, 0.1) is 5.56 Å². The molecule has 1 aromatic rings. The van der Waals surface area contributed by atoms with E-state index in [1.165, 1.54) is 19.3 Å². The quantitative estimate of drug-likeness (QED) is 0.761. The highest BCUT2D eigenvalue weighted by molar-refractivity contribution is 9.10. The number of nitrogen functional groups attached to an aromatic ring is 1. The molecular weight excluding hydrogens is 389 g/mol. The lowest BCUT2D eigenvalue weighted by atomic mass is 9.91. The summed E-state index contributed by atoms with van der Waals surface area (Å²) in [4.78, 5) is 17.0. The first kappa shape index (κ1) is 19.6. The largest absolute Gasteiger partial charge is 0.398 e. The lowest BCUT2D eigenvalue weighted by Crippen LogP contribution is -2.53. The van der Waals surface area contributed by atoms with Crippen LogP contribution in [-0.2, 0) is 0 Å². The number of rotatable bonds is 2. The number of halogens is 3. The Hall–Kier alpha value is -0.490. The number of amides is 1. The molecule has 1 aromatic carbocycles. The van der Waals surface area contributed by atoms with Gasteiger partial charge in [-0.25, -0.2) is 0 Å². The predicted octanol–water partition coefficient (Wildman–Crippen LogP) is 3.19. The SMILES string of the molecule is Cl.Cl.Nc1cc(Br)ccc1C(=O)N1CCN(C2CCC2)CC1. The third-order valence-corrected chi connectivity index (χ3v) is 4.93. The van der Waals surface area contributed by atoms with Gasteiger partial charge in [0.15, 0.2) is 0 Å². The Bertz CT molecular complexity index is 518. The van der Waals surface area contributed by atoms with Gasteiger partial charge in [-0.3, -0.25) is 9.69 Å². The maximum atomic E-state index is 12.5. The Morgan fingerprint density at radius 2 is 1.77 bits per heavy atom. The van der Waals surface area contributed by atoms with Gasteiger partial charge in [-0.1, -0.05) is 22.4 Å². The van der Waals surface area contributed by atoms with Crippen molar-refractivity contribution in [1.82, 2.24) is 9.80 Å². The van der Waals surface area contributed by atoms with Gasteiger partial charge in [-0.2, -0.15) is 0 Å². The van der Waals surface area contributed by atoms with Crippen molar-refractivity contribution in [2.24, 2.45) is 0 Å². The number of benzene rings is 1. The van der Waals surface area contributed by atoms with E-state index in [0.717, 1.165) is 36.7 Å². The van der Waals surface area contributed by atoms with Crippen LogP contribution in [0, 0.1) is 0 Å². The average Bonchev–Trinajstić information content (AvgIpc) is 2.37. The maximum absolute atomic E-state index is 12.5. The second-order valence-corrected chi connectivity index (χ2v) is 6.56. The first-order valence-corrected chi connectivity index (χ1v) is 8.03. The average molecular weight is 411 g/mol. The first-order chi connectivity index (χ1) is 9.65. The number of carbonyl (C=O) groups excluding carboxylic acids is 1. The molecule has 4 nitrogen and oxygen atoms in total. The van der Waals surface area contributed by atoms with Crippen molar-refractivity contribution in [3.8, 4) is 0 Å². The number of nitrogens with zero attached hydrogens (tertiary/aromatic N) is 2. The van der Waals surface area contributed by atoms with Gasteiger partial charge in [-0.15, -0.1) is 24.8 Å². The van der Waals surface area contributed by atoms with Crippen molar-refractivity contribution in [1.29, 1.82) is 0 Å². The lowest BCUT2D eigenvalue weighted by molar-refractivity contribution is 0.0456. The van der Waals surface area contributed by atoms with E-state index in [1.54, 1.807) is 12.1 Å². The summed E-state index contributed by atoms with van der Waals surface area (Å²) in [6.07, 6.45) is 4.01. The molecule has 0 aromatic heterocycles. The van der Waals surface area contributed by atoms with Crippen LogP contribution in [0.2, 0.25) is 0 Å². The van der Waals surface area contributed by atoms with Gasteiger partial charge in [0.2, 0.25) is 0 Å². The smallest absolute Gasteiger partial charge is 0.256 e. The second-order valence-electron chi connectivity index (χ2n) is 5.64. The Balaban J connectivity index is 0.00000121. The van der Waals surface area contributed by atoms with E-state index in [1.807, 2.05) is 11.0 Å². The molecule has 0 unspecified atom stereocenters. The summed E-state index contributed by atoms with van der Waals surface area (Å²) in [5.41, 5.74) is 7.11. The van der Waals surface area contributed by atoms with E-state index < -0.39 is 0 Å². The van der Waals surface area contributed by atoms with Gasteiger partial charge in [0, 0.05) is 42.4 Å². The van der Waals surface area contributed by atoms with Gasteiger partial charge >= 0.3 is 0 Å². The molecule has 1 aliphatic heterocycles. The highest BCUT2D eigenvalue weighted by Crippen LogP contribution is 2.26. The molecular formula is C15H22BrCl2N3O. The Morgan fingerprint density at radius 3 is 2.27 bits per heavy atom. The predicted molar refractivity (Wildman–Crippen MR) is 98.2 cm³/mol. The number of nitrogens with two attached hydrogens (primary N) is 1. The molecule has 0 atom stereocenters. The lowest BCUT2D eigenvalue weighted by Gasteiger charge is -2.43. The monoisotopic (exact) mass is 409 g/mol. The zero-order valence-electron chi connectivity index (χ0n) is 12.3. The van der Waals surface area contributed by atoms with Gasteiger partial charge in [0.1, 0.15) is 0 Å². The molecule has 1 saturated carbocycles. The standard InChI is InChI=1S/C15H20BrN3O.2ClH/c16-11-4-5-13(14(17)10-11)15(20)19-8-6-18(7-9-19)12-2-1-3-12;;/h4-5,10,12H,1-3,6-9,17H2;2*1H. The minimum absolute atomic E-state index is 0. The van der Waals surface area contributed by atoms with Gasteiger partial charge < -0.3 is 10.6 Å². The van der Waals surface area contributed by atoms with E-state index in [-0.39, 0.29) is 30.7 Å².